The normalized spacial score (nSPS) is 47.8. The van der Waals surface area contributed by atoms with Gasteiger partial charge in [0.1, 0.15) is 0 Å². The van der Waals surface area contributed by atoms with E-state index in [1.54, 1.807) is 0 Å². The smallest absolute Gasteiger partial charge is 0.0814 e. The van der Waals surface area contributed by atoms with Crippen LogP contribution in [-0.2, 0) is 0 Å². The molecule has 1 aliphatic carbocycles. The van der Waals surface area contributed by atoms with Gasteiger partial charge in [-0.2, -0.15) is 0 Å². The molecule has 0 aromatic carbocycles. The van der Waals surface area contributed by atoms with Crippen LogP contribution in [0.15, 0.2) is 0 Å². The van der Waals surface area contributed by atoms with Crippen molar-refractivity contribution in [1.82, 2.24) is 5.32 Å². The van der Waals surface area contributed by atoms with Crippen molar-refractivity contribution in [2.45, 2.75) is 63.1 Å². The van der Waals surface area contributed by atoms with Gasteiger partial charge in [-0.05, 0) is 51.0 Å². The van der Waals surface area contributed by atoms with Crippen LogP contribution in [0.4, 0.5) is 0 Å². The van der Waals surface area contributed by atoms with Crippen molar-refractivity contribution < 1.29 is 5.11 Å². The minimum Gasteiger partial charge on any atom is -0.388 e. The summed E-state index contributed by atoms with van der Waals surface area (Å²) in [6.45, 7) is 3.32. The van der Waals surface area contributed by atoms with Crippen molar-refractivity contribution in [2.24, 2.45) is 11.7 Å². The highest BCUT2D eigenvalue weighted by atomic mass is 16.3. The van der Waals surface area contributed by atoms with Gasteiger partial charge in [-0.15, -0.1) is 0 Å². The van der Waals surface area contributed by atoms with E-state index in [-0.39, 0.29) is 12.1 Å². The van der Waals surface area contributed by atoms with E-state index in [4.69, 9.17) is 5.73 Å². The zero-order valence-corrected chi connectivity index (χ0v) is 9.71. The lowest BCUT2D eigenvalue weighted by Crippen LogP contribution is -2.57. The Morgan fingerprint density at radius 2 is 2.20 bits per heavy atom. The molecule has 0 bridgehead atoms. The van der Waals surface area contributed by atoms with Gasteiger partial charge in [-0.3, -0.25) is 0 Å². The maximum absolute atomic E-state index is 10.6. The molecule has 4 atom stereocenters. The molecule has 15 heavy (non-hydrogen) atoms. The molecule has 88 valence electrons. The van der Waals surface area contributed by atoms with Gasteiger partial charge in [0, 0.05) is 12.1 Å². The SMILES string of the molecule is CC1CCNC(C2(O)CCCC(N)C2)C1. The van der Waals surface area contributed by atoms with Gasteiger partial charge in [0.05, 0.1) is 5.60 Å². The van der Waals surface area contributed by atoms with Crippen molar-refractivity contribution >= 4 is 0 Å². The van der Waals surface area contributed by atoms with Crippen LogP contribution in [-0.4, -0.2) is 29.3 Å². The van der Waals surface area contributed by atoms with E-state index in [0.29, 0.717) is 0 Å². The van der Waals surface area contributed by atoms with Crippen LogP contribution in [0, 0.1) is 5.92 Å². The van der Waals surface area contributed by atoms with Gasteiger partial charge in [0.2, 0.25) is 0 Å². The highest BCUT2D eigenvalue weighted by Gasteiger charge is 2.41. The van der Waals surface area contributed by atoms with Gasteiger partial charge in [0.15, 0.2) is 0 Å². The lowest BCUT2D eigenvalue weighted by atomic mass is 9.73. The van der Waals surface area contributed by atoms with E-state index in [9.17, 15) is 5.11 Å². The van der Waals surface area contributed by atoms with Crippen LogP contribution in [0.1, 0.15) is 45.4 Å². The van der Waals surface area contributed by atoms with Crippen LogP contribution in [0.2, 0.25) is 0 Å². The highest BCUT2D eigenvalue weighted by molar-refractivity contribution is 4.99. The van der Waals surface area contributed by atoms with Gasteiger partial charge in [0.25, 0.3) is 0 Å². The summed E-state index contributed by atoms with van der Waals surface area (Å²) in [7, 11) is 0. The van der Waals surface area contributed by atoms with Gasteiger partial charge >= 0.3 is 0 Å². The third-order valence-electron chi connectivity index (χ3n) is 4.11. The van der Waals surface area contributed by atoms with E-state index in [0.717, 1.165) is 44.6 Å². The summed E-state index contributed by atoms with van der Waals surface area (Å²) < 4.78 is 0. The van der Waals surface area contributed by atoms with Crippen molar-refractivity contribution in [1.29, 1.82) is 0 Å². The summed E-state index contributed by atoms with van der Waals surface area (Å²) in [5.41, 5.74) is 5.43. The largest absolute Gasteiger partial charge is 0.388 e. The van der Waals surface area contributed by atoms with Crippen LogP contribution in [0.3, 0.4) is 0 Å². The standard InChI is InChI=1S/C12H24N2O/c1-9-4-6-14-11(7-9)12(15)5-2-3-10(13)8-12/h9-11,14-15H,2-8,13H2,1H3. The summed E-state index contributed by atoms with van der Waals surface area (Å²) in [5.74, 6) is 0.735. The summed E-state index contributed by atoms with van der Waals surface area (Å²) in [5, 5.41) is 14.1. The molecule has 4 N–H and O–H groups in total. The second-order valence-electron chi connectivity index (χ2n) is 5.60. The fourth-order valence-electron chi connectivity index (χ4n) is 3.16. The van der Waals surface area contributed by atoms with Crippen LogP contribution in [0.25, 0.3) is 0 Å². The summed E-state index contributed by atoms with van der Waals surface area (Å²) in [4.78, 5) is 0. The minimum atomic E-state index is -0.535. The molecule has 0 radical (unpaired) electrons. The topological polar surface area (TPSA) is 58.3 Å². The second kappa shape index (κ2) is 4.40. The molecule has 0 spiro atoms. The molecule has 1 saturated heterocycles. The Bertz CT molecular complexity index is 222. The Balaban J connectivity index is 2.00. The Labute approximate surface area is 92.4 Å². The van der Waals surface area contributed by atoms with Crippen LogP contribution >= 0.6 is 0 Å². The molecule has 1 aliphatic heterocycles. The van der Waals surface area contributed by atoms with E-state index in [1.165, 1.54) is 6.42 Å². The average Bonchev–Trinajstić information content (AvgIpc) is 2.17. The van der Waals surface area contributed by atoms with Crippen molar-refractivity contribution in [3.8, 4) is 0 Å². The molecule has 0 aromatic rings. The number of aliphatic hydroxyl groups is 1. The monoisotopic (exact) mass is 212 g/mol. The lowest BCUT2D eigenvalue weighted by molar-refractivity contribution is -0.0474. The van der Waals surface area contributed by atoms with Crippen LogP contribution in [0.5, 0.6) is 0 Å². The summed E-state index contributed by atoms with van der Waals surface area (Å²) in [6.07, 6.45) is 6.18. The molecule has 3 nitrogen and oxygen atoms in total. The maximum Gasteiger partial charge on any atom is 0.0814 e. The minimum absolute atomic E-state index is 0.197. The Hall–Kier alpha value is -0.120. The first-order chi connectivity index (χ1) is 7.10. The van der Waals surface area contributed by atoms with Crippen molar-refractivity contribution in [2.75, 3.05) is 6.54 Å². The number of nitrogens with two attached hydrogens (primary N) is 1. The predicted octanol–water partition coefficient (Wildman–Crippen LogP) is 1.01. The fraction of sp³-hybridized carbons (Fsp3) is 1.00. The third kappa shape index (κ3) is 2.52. The first kappa shape index (κ1) is 11.4. The Kier molecular flexibility index (Phi) is 3.33. The molecule has 0 aromatic heterocycles. The molecule has 2 aliphatic rings. The van der Waals surface area contributed by atoms with Crippen molar-refractivity contribution in [3.05, 3.63) is 0 Å². The molecule has 2 fully saturated rings. The lowest BCUT2D eigenvalue weighted by Gasteiger charge is -2.44. The third-order valence-corrected chi connectivity index (χ3v) is 4.11. The maximum atomic E-state index is 10.6. The molecule has 2 rings (SSSR count). The molecular weight excluding hydrogens is 188 g/mol. The number of hydrogen-bond acceptors (Lipinski definition) is 3. The molecule has 1 heterocycles. The predicted molar refractivity (Wildman–Crippen MR) is 61.6 cm³/mol. The highest BCUT2D eigenvalue weighted by Crippen LogP contribution is 2.34. The van der Waals surface area contributed by atoms with Gasteiger partial charge < -0.3 is 16.2 Å². The zero-order valence-electron chi connectivity index (χ0n) is 9.71. The molecule has 0 amide bonds. The number of piperidine rings is 1. The summed E-state index contributed by atoms with van der Waals surface area (Å²) in [6, 6.07) is 0.468. The molecular formula is C12H24N2O. The Morgan fingerprint density at radius 3 is 2.87 bits per heavy atom. The second-order valence-corrected chi connectivity index (χ2v) is 5.60. The fourth-order valence-corrected chi connectivity index (χ4v) is 3.16. The number of rotatable bonds is 1. The molecule has 1 saturated carbocycles. The zero-order chi connectivity index (χ0) is 10.9. The Morgan fingerprint density at radius 1 is 1.40 bits per heavy atom. The average molecular weight is 212 g/mol. The quantitative estimate of drug-likeness (QED) is 0.608. The van der Waals surface area contributed by atoms with E-state index in [1.807, 2.05) is 0 Å². The first-order valence-corrected chi connectivity index (χ1v) is 6.31. The first-order valence-electron chi connectivity index (χ1n) is 6.31. The molecule has 4 unspecified atom stereocenters. The summed E-state index contributed by atoms with van der Waals surface area (Å²) >= 11 is 0. The molecule has 3 heteroatoms. The van der Waals surface area contributed by atoms with Crippen LogP contribution < -0.4 is 11.1 Å². The van der Waals surface area contributed by atoms with Gasteiger partial charge in [-0.25, -0.2) is 0 Å². The van der Waals surface area contributed by atoms with E-state index in [2.05, 4.69) is 12.2 Å². The number of nitrogens with one attached hydrogen (secondary N) is 1. The van der Waals surface area contributed by atoms with Gasteiger partial charge in [-0.1, -0.05) is 6.92 Å². The van der Waals surface area contributed by atoms with E-state index >= 15 is 0 Å². The van der Waals surface area contributed by atoms with Crippen molar-refractivity contribution in [3.63, 3.8) is 0 Å². The number of hydrogen-bond donors (Lipinski definition) is 3. The van der Waals surface area contributed by atoms with E-state index < -0.39 is 5.60 Å².